The van der Waals surface area contributed by atoms with Gasteiger partial charge in [0, 0.05) is 6.04 Å². The zero-order valence-electron chi connectivity index (χ0n) is 14.8. The predicted molar refractivity (Wildman–Crippen MR) is 110 cm³/mol. The molecule has 4 nitrogen and oxygen atoms in total. The summed E-state index contributed by atoms with van der Waals surface area (Å²) in [5.41, 5.74) is 3.57. The van der Waals surface area contributed by atoms with E-state index in [1.165, 1.54) is 22.5 Å². The lowest BCUT2D eigenvalue weighted by Gasteiger charge is -2.27. The number of hydrogen-bond donors (Lipinski definition) is 1. The maximum Gasteiger partial charge on any atom is 0.348 e. The van der Waals surface area contributed by atoms with Crippen molar-refractivity contribution >= 4 is 32.8 Å². The van der Waals surface area contributed by atoms with E-state index in [2.05, 4.69) is 28.2 Å². The van der Waals surface area contributed by atoms with E-state index in [-0.39, 0.29) is 4.21 Å². The summed E-state index contributed by atoms with van der Waals surface area (Å²) >= 11 is 2.90. The van der Waals surface area contributed by atoms with Crippen molar-refractivity contribution in [2.45, 2.75) is 35.9 Å². The highest BCUT2D eigenvalue weighted by Crippen LogP contribution is 2.32. The zero-order chi connectivity index (χ0) is 18.7. The van der Waals surface area contributed by atoms with Crippen molar-refractivity contribution in [2.24, 2.45) is 0 Å². The van der Waals surface area contributed by atoms with Gasteiger partial charge in [0.25, 0.3) is 0 Å². The lowest BCUT2D eigenvalue weighted by Crippen LogP contribution is -2.36. The molecular weight excluding hydrogens is 398 g/mol. The van der Waals surface area contributed by atoms with E-state index in [4.69, 9.17) is 4.18 Å². The summed E-state index contributed by atoms with van der Waals surface area (Å²) in [7, 11) is -3.75. The third-order valence-corrected chi connectivity index (χ3v) is 8.13. The van der Waals surface area contributed by atoms with Crippen LogP contribution in [0.25, 0.3) is 0 Å². The molecule has 1 aromatic carbocycles. The van der Waals surface area contributed by atoms with Crippen molar-refractivity contribution in [2.75, 3.05) is 6.54 Å². The minimum atomic E-state index is -3.75. The number of thiophene rings is 2. The summed E-state index contributed by atoms with van der Waals surface area (Å²) in [6, 6.07) is 11.6. The van der Waals surface area contributed by atoms with Crippen LogP contribution in [0.15, 0.2) is 56.7 Å². The fourth-order valence-corrected chi connectivity index (χ4v) is 6.06. The molecule has 1 unspecified atom stereocenters. The summed E-state index contributed by atoms with van der Waals surface area (Å²) in [6.07, 6.45) is 3.74. The Morgan fingerprint density at radius 2 is 2.07 bits per heavy atom. The third kappa shape index (κ3) is 4.43. The molecule has 7 heteroatoms. The van der Waals surface area contributed by atoms with Gasteiger partial charge in [-0.25, -0.2) is 0 Å². The van der Waals surface area contributed by atoms with Gasteiger partial charge in [0.1, 0.15) is 5.75 Å². The molecule has 1 aliphatic rings. The second-order valence-electron chi connectivity index (χ2n) is 6.64. The van der Waals surface area contributed by atoms with Gasteiger partial charge in [0.15, 0.2) is 4.21 Å². The predicted octanol–water partition coefficient (Wildman–Crippen LogP) is 4.27. The average molecular weight is 420 g/mol. The van der Waals surface area contributed by atoms with Gasteiger partial charge in [0.2, 0.25) is 0 Å². The minimum absolute atomic E-state index is 0.240. The second kappa shape index (κ2) is 8.14. The molecule has 0 aliphatic heterocycles. The Bertz CT molecular complexity index is 980. The number of nitrogens with one attached hydrogen (secondary N) is 1. The first-order valence-electron chi connectivity index (χ1n) is 8.95. The van der Waals surface area contributed by atoms with Crippen molar-refractivity contribution < 1.29 is 12.6 Å². The van der Waals surface area contributed by atoms with Crippen LogP contribution in [0.5, 0.6) is 5.75 Å². The Morgan fingerprint density at radius 1 is 1.15 bits per heavy atom. The van der Waals surface area contributed by atoms with Crippen LogP contribution in [-0.4, -0.2) is 21.0 Å². The molecule has 1 atom stereocenters. The lowest BCUT2D eigenvalue weighted by molar-refractivity contribution is 0.448. The molecule has 0 saturated heterocycles. The molecule has 0 fully saturated rings. The Kier molecular flexibility index (Phi) is 5.63. The normalized spacial score (nSPS) is 16.8. The van der Waals surface area contributed by atoms with E-state index >= 15 is 0 Å². The van der Waals surface area contributed by atoms with Crippen molar-refractivity contribution in [3.05, 3.63) is 69.2 Å². The molecule has 2 aromatic heterocycles. The molecule has 0 radical (unpaired) electrons. The quantitative estimate of drug-likeness (QED) is 0.581. The van der Waals surface area contributed by atoms with Gasteiger partial charge in [-0.2, -0.15) is 19.8 Å². The van der Waals surface area contributed by atoms with Gasteiger partial charge >= 0.3 is 10.1 Å². The Labute approximate surface area is 168 Å². The number of hydrogen-bond acceptors (Lipinski definition) is 6. The van der Waals surface area contributed by atoms with E-state index in [0.717, 1.165) is 37.8 Å². The Morgan fingerprint density at radius 3 is 2.85 bits per heavy atom. The van der Waals surface area contributed by atoms with Crippen molar-refractivity contribution in [1.82, 2.24) is 5.32 Å². The maximum atomic E-state index is 12.4. The summed E-state index contributed by atoms with van der Waals surface area (Å²) in [5.74, 6) is 0.470. The molecule has 1 N–H and O–H groups in total. The third-order valence-electron chi connectivity index (χ3n) is 4.81. The van der Waals surface area contributed by atoms with Crippen molar-refractivity contribution in [3.63, 3.8) is 0 Å². The summed E-state index contributed by atoms with van der Waals surface area (Å²) in [5, 5.41) is 9.68. The van der Waals surface area contributed by atoms with E-state index in [9.17, 15) is 8.42 Å². The molecule has 0 bridgehead atoms. The van der Waals surface area contributed by atoms with E-state index in [1.54, 1.807) is 34.9 Å². The Hall–Kier alpha value is -1.67. The summed E-state index contributed by atoms with van der Waals surface area (Å²) in [6.45, 7) is 0.958. The largest absolute Gasteiger partial charge is 0.378 e. The number of fused-ring (bicyclic) bond motifs is 1. The SMILES string of the molecule is O=S(=O)(Oc1cccc2c1CCC(NCCc1ccsc1)C2)c1cccs1. The fraction of sp³-hybridized carbons (Fsp3) is 0.300. The minimum Gasteiger partial charge on any atom is -0.378 e. The summed E-state index contributed by atoms with van der Waals surface area (Å²) in [4.78, 5) is 0. The highest BCUT2D eigenvalue weighted by atomic mass is 32.3. The standard InChI is InChI=1S/C20H21NO3S3/c22-27(23,20-5-2-11-26-20)24-19-4-1-3-16-13-17(6-7-18(16)19)21-10-8-15-9-12-25-14-15/h1-5,9,11-12,14,17,21H,6-8,10,13H2. The van der Waals surface area contributed by atoms with Gasteiger partial charge in [0.05, 0.1) is 0 Å². The second-order valence-corrected chi connectivity index (χ2v) is 10.1. The van der Waals surface area contributed by atoms with Gasteiger partial charge in [-0.3, -0.25) is 0 Å². The van der Waals surface area contributed by atoms with Gasteiger partial charge in [-0.05, 0) is 83.3 Å². The van der Waals surface area contributed by atoms with Crippen molar-refractivity contribution in [1.29, 1.82) is 0 Å². The smallest absolute Gasteiger partial charge is 0.348 e. The number of benzene rings is 1. The van der Waals surface area contributed by atoms with Crippen LogP contribution in [0, 0.1) is 0 Å². The molecule has 1 aliphatic carbocycles. The van der Waals surface area contributed by atoms with Gasteiger partial charge in [-0.1, -0.05) is 18.2 Å². The van der Waals surface area contributed by atoms with Crippen LogP contribution < -0.4 is 9.50 Å². The highest BCUT2D eigenvalue weighted by Gasteiger charge is 2.24. The molecule has 0 saturated carbocycles. The first kappa shape index (κ1) is 18.7. The first-order chi connectivity index (χ1) is 13.1. The average Bonchev–Trinajstić information content (AvgIpc) is 3.36. The van der Waals surface area contributed by atoms with Gasteiger partial charge in [-0.15, -0.1) is 11.3 Å². The molecule has 2 heterocycles. The van der Waals surface area contributed by atoms with Crippen LogP contribution in [0.1, 0.15) is 23.1 Å². The summed E-state index contributed by atoms with van der Waals surface area (Å²) < 4.78 is 30.6. The first-order valence-corrected chi connectivity index (χ1v) is 12.2. The van der Waals surface area contributed by atoms with E-state index in [1.807, 2.05) is 6.07 Å². The fourth-order valence-electron chi connectivity index (χ4n) is 3.45. The van der Waals surface area contributed by atoms with E-state index in [0.29, 0.717) is 11.8 Å². The molecule has 0 amide bonds. The lowest BCUT2D eigenvalue weighted by atomic mass is 9.87. The topological polar surface area (TPSA) is 55.4 Å². The molecule has 0 spiro atoms. The van der Waals surface area contributed by atoms with Gasteiger partial charge < -0.3 is 9.50 Å². The highest BCUT2D eigenvalue weighted by molar-refractivity contribution is 7.89. The molecule has 27 heavy (non-hydrogen) atoms. The van der Waals surface area contributed by atoms with Crippen LogP contribution >= 0.6 is 22.7 Å². The van der Waals surface area contributed by atoms with E-state index < -0.39 is 10.1 Å². The Balaban J connectivity index is 1.42. The molecule has 3 aromatic rings. The molecule has 142 valence electrons. The monoisotopic (exact) mass is 419 g/mol. The van der Waals surface area contributed by atoms with Crippen LogP contribution in [0.3, 0.4) is 0 Å². The zero-order valence-corrected chi connectivity index (χ0v) is 17.2. The maximum absolute atomic E-state index is 12.4. The molecule has 4 rings (SSSR count). The van der Waals surface area contributed by atoms with Crippen molar-refractivity contribution in [3.8, 4) is 5.75 Å². The van der Waals surface area contributed by atoms with Crippen LogP contribution in [0.2, 0.25) is 0 Å². The number of rotatable bonds is 7. The molecular formula is C20H21NO3S3. The van der Waals surface area contributed by atoms with Crippen LogP contribution in [-0.2, 0) is 29.4 Å². The van der Waals surface area contributed by atoms with Crippen LogP contribution in [0.4, 0.5) is 0 Å².